The van der Waals surface area contributed by atoms with Crippen LogP contribution in [-0.4, -0.2) is 59.5 Å². The molecule has 0 aliphatic rings. The van der Waals surface area contributed by atoms with Gasteiger partial charge in [-0.2, -0.15) is 0 Å². The highest BCUT2D eigenvalue weighted by atomic mass is 35.5. The molecule has 0 saturated heterocycles. The van der Waals surface area contributed by atoms with Gasteiger partial charge in [0, 0.05) is 6.42 Å². The van der Waals surface area contributed by atoms with Gasteiger partial charge < -0.3 is 21.5 Å². The second-order valence-corrected chi connectivity index (χ2v) is 8.72. The lowest BCUT2D eigenvalue weighted by Crippen LogP contribution is -2.78. The molecule has 4 atom stereocenters. The van der Waals surface area contributed by atoms with Gasteiger partial charge in [-0.3, -0.25) is 26.0 Å². The number of aliphatic hydroxyl groups excluding tert-OH is 1. The Labute approximate surface area is 211 Å². The number of nitrogens with one attached hydrogen (secondary N) is 3. The minimum atomic E-state index is -0.965. The Hall–Kier alpha value is -3.14. The van der Waals surface area contributed by atoms with Crippen LogP contribution >= 0.6 is 11.6 Å². The highest BCUT2D eigenvalue weighted by molar-refractivity contribution is 6.18. The maximum absolute atomic E-state index is 13.3. The van der Waals surface area contributed by atoms with E-state index in [1.807, 2.05) is 60.7 Å². The molecule has 0 aliphatic carbocycles. The lowest BCUT2D eigenvalue weighted by Gasteiger charge is -2.27. The lowest BCUT2D eigenvalue weighted by atomic mass is 10.0. The number of rotatable bonds is 14. The predicted octanol–water partition coefficient (Wildman–Crippen LogP) is -1.50. The molecule has 0 aromatic heterocycles. The van der Waals surface area contributed by atoms with Gasteiger partial charge in [0.05, 0.1) is 30.6 Å². The minimum Gasteiger partial charge on any atom is -0.390 e. The predicted molar refractivity (Wildman–Crippen MR) is 137 cm³/mol. The normalized spacial score (nSPS) is 14.3. The first-order chi connectivity index (χ1) is 16.8. The van der Waals surface area contributed by atoms with Crippen molar-refractivity contribution in [2.45, 2.75) is 49.9 Å². The summed E-state index contributed by atoms with van der Waals surface area (Å²) in [5.74, 6) is -0.819. The van der Waals surface area contributed by atoms with Crippen LogP contribution in [0.1, 0.15) is 24.0 Å². The van der Waals surface area contributed by atoms with E-state index < -0.39 is 36.0 Å². The Morgan fingerprint density at radius 1 is 0.914 bits per heavy atom. The maximum atomic E-state index is 13.3. The molecule has 190 valence electrons. The highest BCUT2D eigenvalue weighted by Crippen LogP contribution is 2.09. The molecule has 2 aromatic carbocycles. The van der Waals surface area contributed by atoms with Gasteiger partial charge in [0.25, 0.3) is 0 Å². The van der Waals surface area contributed by atoms with E-state index in [9.17, 15) is 14.7 Å². The molecule has 10 N–H and O–H groups in total. The van der Waals surface area contributed by atoms with Crippen LogP contribution in [0.4, 0.5) is 0 Å². The van der Waals surface area contributed by atoms with E-state index >= 15 is 0 Å². The number of benzene rings is 2. The molecule has 2 amide bonds. The number of hydrogen-bond acceptors (Lipinski definition) is 4. The number of guanidine groups is 1. The summed E-state index contributed by atoms with van der Waals surface area (Å²) in [7, 11) is 0. The third kappa shape index (κ3) is 10.3. The van der Waals surface area contributed by atoms with Crippen molar-refractivity contribution < 1.29 is 19.7 Å². The lowest BCUT2D eigenvalue weighted by molar-refractivity contribution is -0.459. The zero-order valence-corrected chi connectivity index (χ0v) is 20.5. The van der Waals surface area contributed by atoms with Crippen molar-refractivity contribution in [3.8, 4) is 0 Å². The first-order valence-corrected chi connectivity index (χ1v) is 12.1. The average molecular weight is 504 g/mol. The second kappa shape index (κ2) is 15.0. The zero-order chi connectivity index (χ0) is 25.6. The first kappa shape index (κ1) is 28.1. The van der Waals surface area contributed by atoms with Crippen LogP contribution in [0, 0.1) is 0 Å². The smallest absolute Gasteiger partial charge is 0.338 e. The van der Waals surface area contributed by atoms with Crippen LogP contribution in [0.15, 0.2) is 60.7 Å². The van der Waals surface area contributed by atoms with Gasteiger partial charge in [-0.15, -0.1) is 11.6 Å². The number of hydrogen-bond donors (Lipinski definition) is 7. The summed E-state index contributed by atoms with van der Waals surface area (Å²) >= 11 is 5.86. The topological polar surface area (TPSA) is 170 Å². The van der Waals surface area contributed by atoms with E-state index in [1.54, 1.807) is 0 Å². The van der Waals surface area contributed by atoms with Crippen molar-refractivity contribution >= 4 is 29.4 Å². The Morgan fingerprint density at radius 2 is 1.49 bits per heavy atom. The molecule has 10 heteroatoms. The summed E-state index contributed by atoms with van der Waals surface area (Å²) in [4.78, 5) is 28.9. The zero-order valence-electron chi connectivity index (χ0n) is 19.7. The molecule has 0 bridgehead atoms. The van der Waals surface area contributed by atoms with E-state index in [-0.39, 0.29) is 18.3 Å². The third-order valence-electron chi connectivity index (χ3n) is 5.52. The molecule has 0 fully saturated rings. The average Bonchev–Trinajstić information content (AvgIpc) is 2.85. The van der Waals surface area contributed by atoms with Crippen LogP contribution in [0.25, 0.3) is 0 Å². The van der Waals surface area contributed by atoms with Crippen LogP contribution in [0.5, 0.6) is 0 Å². The van der Waals surface area contributed by atoms with Crippen molar-refractivity contribution in [1.82, 2.24) is 10.6 Å². The molecule has 2 rings (SSSR count). The van der Waals surface area contributed by atoms with Gasteiger partial charge in [0.1, 0.15) is 6.04 Å². The number of aliphatic hydroxyl groups is 1. The number of carbonyl (C=O) groups is 2. The molecular weight excluding hydrogens is 468 g/mol. The Kier molecular flexibility index (Phi) is 12.0. The van der Waals surface area contributed by atoms with E-state index in [4.69, 9.17) is 28.8 Å². The molecule has 0 heterocycles. The molecule has 35 heavy (non-hydrogen) atoms. The summed E-state index contributed by atoms with van der Waals surface area (Å²) in [6.45, 7) is 0.474. The summed E-state index contributed by atoms with van der Waals surface area (Å²) in [5.41, 5.74) is 18.7. The van der Waals surface area contributed by atoms with Gasteiger partial charge in [0.15, 0.2) is 0 Å². The fourth-order valence-corrected chi connectivity index (χ4v) is 3.82. The molecule has 0 spiro atoms. The molecule has 0 aliphatic heterocycles. The minimum absolute atomic E-state index is 0.0544. The third-order valence-corrected chi connectivity index (χ3v) is 5.84. The molecule has 9 nitrogen and oxygen atoms in total. The molecule has 2 aromatic rings. The highest BCUT2D eigenvalue weighted by Gasteiger charge is 2.28. The summed E-state index contributed by atoms with van der Waals surface area (Å²) in [5, 5.41) is 16.0. The number of nitrogens with two attached hydrogens (primary N) is 3. The quantitative estimate of drug-likeness (QED) is 0.0715. The van der Waals surface area contributed by atoms with Crippen LogP contribution < -0.4 is 32.8 Å². The molecule has 0 unspecified atom stereocenters. The fraction of sp³-hybridized carbons (Fsp3) is 0.400. The van der Waals surface area contributed by atoms with Gasteiger partial charge in [-0.25, -0.2) is 0 Å². The van der Waals surface area contributed by atoms with Gasteiger partial charge in [0.2, 0.25) is 11.8 Å². The van der Waals surface area contributed by atoms with Crippen molar-refractivity contribution in [1.29, 1.82) is 0 Å². The molecular formula is C25H36ClN6O3+. The number of halogens is 1. The van der Waals surface area contributed by atoms with Crippen molar-refractivity contribution in [3.63, 3.8) is 0 Å². The summed E-state index contributed by atoms with van der Waals surface area (Å²) in [6.07, 6.45) is 0.649. The number of amides is 2. The Morgan fingerprint density at radius 3 is 2.03 bits per heavy atom. The second-order valence-electron chi connectivity index (χ2n) is 8.41. The van der Waals surface area contributed by atoms with E-state index in [0.29, 0.717) is 25.8 Å². The Bertz CT molecular complexity index is 941. The largest absolute Gasteiger partial charge is 0.390 e. The monoisotopic (exact) mass is 503 g/mol. The van der Waals surface area contributed by atoms with E-state index in [0.717, 1.165) is 11.1 Å². The standard InChI is InChI=1S/C25H35ClN6O3/c26-16-22(33)20(12-7-13-30-25(28)29)31-24(35)21(15-18-10-5-2-6-11-18)32-23(34)19(27)14-17-8-3-1-4-9-17/h1-6,8-11,19-22,33H,7,12-16,27H2,(H,31,35)(H,32,34)(H4,28,29,30)/p+1/t19-,20+,21+,22-/m1/s1. The van der Waals surface area contributed by atoms with Crippen molar-refractivity contribution in [2.75, 3.05) is 12.4 Å². The first-order valence-electron chi connectivity index (χ1n) is 11.6. The summed E-state index contributed by atoms with van der Waals surface area (Å²) in [6, 6.07) is 16.5. The molecule has 0 radical (unpaired) electrons. The van der Waals surface area contributed by atoms with Gasteiger partial charge >= 0.3 is 5.96 Å². The van der Waals surface area contributed by atoms with Crippen LogP contribution in [0.3, 0.4) is 0 Å². The summed E-state index contributed by atoms with van der Waals surface area (Å²) < 4.78 is 0. The van der Waals surface area contributed by atoms with Crippen LogP contribution in [-0.2, 0) is 22.4 Å². The number of carbonyl (C=O) groups excluding carboxylic acids is 2. The van der Waals surface area contributed by atoms with Gasteiger partial charge in [-0.1, -0.05) is 60.7 Å². The van der Waals surface area contributed by atoms with E-state index in [2.05, 4.69) is 15.6 Å². The van der Waals surface area contributed by atoms with Crippen LogP contribution in [0.2, 0.25) is 0 Å². The van der Waals surface area contributed by atoms with Gasteiger partial charge in [-0.05, 0) is 30.4 Å². The molecule has 0 saturated carbocycles. The Balaban J connectivity index is 2.10. The number of alkyl halides is 1. The maximum Gasteiger partial charge on any atom is 0.338 e. The SMILES string of the molecule is NC(N)=[NH+]CCC[C@H](NC(=O)[C@H](Cc1ccccc1)NC(=O)[C@H](N)Cc1ccccc1)[C@H](O)CCl. The van der Waals surface area contributed by atoms with Crippen molar-refractivity contribution in [3.05, 3.63) is 71.8 Å². The van der Waals surface area contributed by atoms with Crippen molar-refractivity contribution in [2.24, 2.45) is 17.2 Å². The fourth-order valence-electron chi connectivity index (χ4n) is 3.60. The van der Waals surface area contributed by atoms with E-state index in [1.165, 1.54) is 0 Å².